The first kappa shape index (κ1) is 23.7. The highest BCUT2D eigenvalue weighted by Gasteiger charge is 2.36. The Balaban J connectivity index is 1.99. The van der Waals surface area contributed by atoms with Crippen molar-refractivity contribution in [2.24, 2.45) is 23.0 Å². The van der Waals surface area contributed by atoms with E-state index in [2.05, 4.69) is 51.5 Å². The summed E-state index contributed by atoms with van der Waals surface area (Å²) in [5.41, 5.74) is 6.34. The van der Waals surface area contributed by atoms with Gasteiger partial charge in [-0.3, -0.25) is 4.79 Å². The number of aliphatic hydroxyl groups is 1. The van der Waals surface area contributed by atoms with Crippen molar-refractivity contribution in [3.05, 3.63) is 15.8 Å². The molecule has 4 nitrogen and oxygen atoms in total. The van der Waals surface area contributed by atoms with Crippen LogP contribution in [0.3, 0.4) is 0 Å². The number of nitrogens with zero attached hydrogens (tertiary/aromatic N) is 1. The van der Waals surface area contributed by atoms with Gasteiger partial charge in [-0.05, 0) is 90.0 Å². The maximum atomic E-state index is 13.8. The van der Waals surface area contributed by atoms with E-state index in [1.165, 1.54) is 11.3 Å². The third-order valence-electron chi connectivity index (χ3n) is 6.35. The van der Waals surface area contributed by atoms with E-state index in [0.29, 0.717) is 5.92 Å². The first-order chi connectivity index (χ1) is 14.7. The average molecular weight is 441 g/mol. The number of nitrogens with two attached hydrogens (primary N) is 1. The van der Waals surface area contributed by atoms with Crippen molar-refractivity contribution in [1.29, 1.82) is 0 Å². The van der Waals surface area contributed by atoms with Gasteiger partial charge in [0, 0.05) is 23.4 Å². The lowest BCUT2D eigenvalue weighted by Crippen LogP contribution is -2.46. The van der Waals surface area contributed by atoms with Crippen molar-refractivity contribution >= 4 is 22.9 Å². The lowest BCUT2D eigenvalue weighted by Gasteiger charge is -2.38. The fraction of sp³-hybridized carbons (Fsp3) is 0.654. The molecule has 1 aromatic heterocycles. The normalized spacial score (nSPS) is 26.2. The largest absolute Gasteiger partial charge is 0.393 e. The molecule has 1 heterocycles. The summed E-state index contributed by atoms with van der Waals surface area (Å²) in [5.74, 6) is 10.6. The molecule has 2 fully saturated rings. The zero-order chi connectivity index (χ0) is 22.6. The summed E-state index contributed by atoms with van der Waals surface area (Å²) in [6.45, 7) is 8.53. The molecule has 2 aliphatic rings. The maximum Gasteiger partial charge on any atom is 0.230 e. The van der Waals surface area contributed by atoms with Crippen LogP contribution in [0.5, 0.6) is 0 Å². The zero-order valence-corrected chi connectivity index (χ0v) is 20.1. The smallest absolute Gasteiger partial charge is 0.230 e. The molecule has 5 heteroatoms. The van der Waals surface area contributed by atoms with Gasteiger partial charge < -0.3 is 15.7 Å². The zero-order valence-electron chi connectivity index (χ0n) is 19.3. The Kier molecular flexibility index (Phi) is 7.73. The molecule has 0 saturated heterocycles. The van der Waals surface area contributed by atoms with Crippen molar-refractivity contribution < 1.29 is 9.90 Å². The van der Waals surface area contributed by atoms with Gasteiger partial charge in [-0.1, -0.05) is 18.8 Å². The summed E-state index contributed by atoms with van der Waals surface area (Å²) >= 11 is 1.51. The standard InChI is InChI=1S/C26H36N2O2S/c1-18-5-7-19(8-6-18)25(30)28(20-9-11-21(29)12-10-20)23-17-22(13-15-26(2,3)4)31-24(23)14-16-27/h17-21,29H,5-12,27H2,1-4H3/t18-,19+,20-,21+. The van der Waals surface area contributed by atoms with E-state index in [9.17, 15) is 9.90 Å². The van der Waals surface area contributed by atoms with Gasteiger partial charge in [0.1, 0.15) is 4.88 Å². The number of hydrogen-bond acceptors (Lipinski definition) is 4. The third-order valence-corrected chi connectivity index (χ3v) is 7.31. The lowest BCUT2D eigenvalue weighted by atomic mass is 9.81. The Labute approximate surface area is 191 Å². The van der Waals surface area contributed by atoms with Crippen LogP contribution >= 0.6 is 11.3 Å². The number of amides is 1. The van der Waals surface area contributed by atoms with Crippen molar-refractivity contribution in [2.75, 3.05) is 4.90 Å². The van der Waals surface area contributed by atoms with Gasteiger partial charge in [-0.25, -0.2) is 0 Å². The van der Waals surface area contributed by atoms with E-state index in [4.69, 9.17) is 5.73 Å². The van der Waals surface area contributed by atoms with Crippen molar-refractivity contribution in [3.8, 4) is 23.8 Å². The molecule has 1 amide bonds. The Bertz CT molecular complexity index is 890. The summed E-state index contributed by atoms with van der Waals surface area (Å²) in [6, 6.07) is 4.65. The predicted octanol–water partition coefficient (Wildman–Crippen LogP) is 4.88. The van der Waals surface area contributed by atoms with Crippen molar-refractivity contribution in [3.63, 3.8) is 0 Å². The molecule has 3 N–H and O–H groups in total. The summed E-state index contributed by atoms with van der Waals surface area (Å²) in [6.07, 6.45) is 6.93. The number of anilines is 1. The first-order valence-corrected chi connectivity index (χ1v) is 12.4. The average Bonchev–Trinajstić information content (AvgIpc) is 3.11. The molecular weight excluding hydrogens is 404 g/mol. The van der Waals surface area contributed by atoms with Crippen LogP contribution in [-0.2, 0) is 4.79 Å². The van der Waals surface area contributed by atoms with E-state index in [1.807, 2.05) is 11.0 Å². The summed E-state index contributed by atoms with van der Waals surface area (Å²) in [7, 11) is 0. The molecule has 31 heavy (non-hydrogen) atoms. The molecule has 1 aromatic rings. The Hall–Kier alpha value is -1.95. The van der Waals surface area contributed by atoms with Crippen LogP contribution in [0, 0.1) is 41.1 Å². The van der Waals surface area contributed by atoms with Crippen LogP contribution in [0.4, 0.5) is 5.69 Å². The summed E-state index contributed by atoms with van der Waals surface area (Å²) in [4.78, 5) is 17.5. The minimum atomic E-state index is -0.261. The number of rotatable bonds is 3. The van der Waals surface area contributed by atoms with Gasteiger partial charge in [0.05, 0.1) is 16.7 Å². The topological polar surface area (TPSA) is 66.6 Å². The predicted molar refractivity (Wildman–Crippen MR) is 129 cm³/mol. The number of aliphatic hydroxyl groups excluding tert-OH is 1. The van der Waals surface area contributed by atoms with Crippen LogP contribution in [0.15, 0.2) is 6.07 Å². The quantitative estimate of drug-likeness (QED) is 0.520. The van der Waals surface area contributed by atoms with E-state index < -0.39 is 0 Å². The monoisotopic (exact) mass is 440 g/mol. The van der Waals surface area contributed by atoms with Crippen LogP contribution in [0.1, 0.15) is 88.8 Å². The lowest BCUT2D eigenvalue weighted by molar-refractivity contribution is -0.124. The minimum Gasteiger partial charge on any atom is -0.393 e. The highest BCUT2D eigenvalue weighted by molar-refractivity contribution is 7.13. The molecule has 0 aliphatic heterocycles. The molecule has 0 spiro atoms. The fourth-order valence-corrected chi connectivity index (χ4v) is 5.41. The highest BCUT2D eigenvalue weighted by atomic mass is 32.1. The second-order valence-corrected chi connectivity index (χ2v) is 11.3. The molecule has 0 atom stereocenters. The molecule has 2 saturated carbocycles. The third kappa shape index (κ3) is 6.28. The second kappa shape index (κ2) is 10.1. The van der Waals surface area contributed by atoms with Crippen LogP contribution in [-0.4, -0.2) is 23.2 Å². The van der Waals surface area contributed by atoms with E-state index in [1.54, 1.807) is 0 Å². The van der Waals surface area contributed by atoms with E-state index >= 15 is 0 Å². The fourth-order valence-electron chi connectivity index (χ4n) is 4.54. The molecule has 3 rings (SSSR count). The Morgan fingerprint density at radius 1 is 1.10 bits per heavy atom. The maximum absolute atomic E-state index is 13.8. The molecule has 0 unspecified atom stereocenters. The number of thiophene rings is 1. The van der Waals surface area contributed by atoms with Gasteiger partial charge in [0.25, 0.3) is 0 Å². The van der Waals surface area contributed by atoms with Gasteiger partial charge in [-0.2, -0.15) is 0 Å². The van der Waals surface area contributed by atoms with Gasteiger partial charge in [0.15, 0.2) is 0 Å². The first-order valence-electron chi connectivity index (χ1n) is 11.6. The van der Waals surface area contributed by atoms with Crippen molar-refractivity contribution in [1.82, 2.24) is 0 Å². The summed E-state index contributed by atoms with van der Waals surface area (Å²) in [5, 5.41) is 10.0. The molecule has 0 aromatic carbocycles. The molecule has 0 bridgehead atoms. The van der Waals surface area contributed by atoms with Crippen LogP contribution < -0.4 is 10.6 Å². The number of hydrogen-bond donors (Lipinski definition) is 2. The SMILES string of the molecule is CC(C)(C)C#Cc1cc(N(C(=O)[C@H]2CC[C@@H](C)CC2)[C@H]2CC[C@@H](O)CC2)c(C#CN)s1. The molecular formula is C26H36N2O2S. The molecule has 168 valence electrons. The van der Waals surface area contributed by atoms with Crippen molar-refractivity contribution in [2.45, 2.75) is 91.2 Å². The van der Waals surface area contributed by atoms with Gasteiger partial charge in [0.2, 0.25) is 5.91 Å². The highest BCUT2D eigenvalue weighted by Crippen LogP contribution is 2.38. The minimum absolute atomic E-state index is 0.0609. The second-order valence-electron chi connectivity index (χ2n) is 10.2. The molecule has 2 aliphatic carbocycles. The Morgan fingerprint density at radius 2 is 1.74 bits per heavy atom. The van der Waals surface area contributed by atoms with Gasteiger partial charge >= 0.3 is 0 Å². The Morgan fingerprint density at radius 3 is 2.32 bits per heavy atom. The number of carbonyl (C=O) groups excluding carboxylic acids is 1. The van der Waals surface area contributed by atoms with E-state index in [-0.39, 0.29) is 29.4 Å². The molecule has 0 radical (unpaired) electrons. The van der Waals surface area contributed by atoms with E-state index in [0.717, 1.165) is 66.8 Å². The van der Waals surface area contributed by atoms with Crippen LogP contribution in [0.2, 0.25) is 0 Å². The number of carbonyl (C=O) groups is 1. The summed E-state index contributed by atoms with van der Waals surface area (Å²) < 4.78 is 0. The van der Waals surface area contributed by atoms with Crippen LogP contribution in [0.25, 0.3) is 0 Å². The van der Waals surface area contributed by atoms with Gasteiger partial charge in [-0.15, -0.1) is 11.3 Å².